The van der Waals surface area contributed by atoms with Gasteiger partial charge in [-0.3, -0.25) is 0 Å². The standard InChI is InChI=1S/C31H34O5/c1-4-18-34-21-28(33)22-36-30-16-12-27(13-17-30)31(24(3)25-8-6-5-7-9-25)26-10-14-29(15-11-26)35-20-23(2)19-32/h1,5-17,23,28,32-33H,18-22H2,2-3H3/b31-24+. The molecule has 0 bridgehead atoms. The van der Waals surface area contributed by atoms with E-state index in [1.54, 1.807) is 0 Å². The third-order valence-corrected chi connectivity index (χ3v) is 5.65. The molecule has 2 atom stereocenters. The summed E-state index contributed by atoms with van der Waals surface area (Å²) in [6, 6.07) is 26.1. The molecule has 5 heteroatoms. The molecule has 2 unspecified atom stereocenters. The van der Waals surface area contributed by atoms with Crippen LogP contribution >= 0.6 is 0 Å². The Morgan fingerprint density at radius 2 is 1.36 bits per heavy atom. The van der Waals surface area contributed by atoms with E-state index in [0.29, 0.717) is 12.4 Å². The smallest absolute Gasteiger partial charge is 0.119 e. The van der Waals surface area contributed by atoms with Crippen LogP contribution in [-0.2, 0) is 4.74 Å². The van der Waals surface area contributed by atoms with Crippen LogP contribution in [0.1, 0.15) is 30.5 Å². The molecule has 188 valence electrons. The van der Waals surface area contributed by atoms with Crippen molar-refractivity contribution in [2.24, 2.45) is 5.92 Å². The highest BCUT2D eigenvalue weighted by atomic mass is 16.5. The van der Waals surface area contributed by atoms with Gasteiger partial charge < -0.3 is 24.4 Å². The second-order valence-electron chi connectivity index (χ2n) is 8.70. The summed E-state index contributed by atoms with van der Waals surface area (Å²) in [5.41, 5.74) is 5.50. The van der Waals surface area contributed by atoms with E-state index >= 15 is 0 Å². The molecule has 36 heavy (non-hydrogen) atoms. The first-order chi connectivity index (χ1) is 17.5. The third kappa shape index (κ3) is 8.00. The highest BCUT2D eigenvalue weighted by Crippen LogP contribution is 2.33. The molecule has 0 saturated heterocycles. The van der Waals surface area contributed by atoms with Gasteiger partial charge in [-0.25, -0.2) is 0 Å². The van der Waals surface area contributed by atoms with Gasteiger partial charge in [-0.1, -0.05) is 67.4 Å². The third-order valence-electron chi connectivity index (χ3n) is 5.65. The van der Waals surface area contributed by atoms with Crippen LogP contribution in [0.5, 0.6) is 11.5 Å². The number of aliphatic hydroxyl groups is 2. The average molecular weight is 487 g/mol. The van der Waals surface area contributed by atoms with Crippen molar-refractivity contribution < 1.29 is 24.4 Å². The van der Waals surface area contributed by atoms with Gasteiger partial charge in [0.15, 0.2) is 0 Å². The molecule has 0 aliphatic carbocycles. The van der Waals surface area contributed by atoms with Crippen LogP contribution < -0.4 is 9.47 Å². The SMILES string of the molecule is C#CCOCC(O)COc1ccc(/C(=C(\C)c2ccccc2)c2ccc(OCC(C)CO)cc2)cc1. The number of aliphatic hydroxyl groups excluding tert-OH is 2. The van der Waals surface area contributed by atoms with Crippen LogP contribution in [0, 0.1) is 18.3 Å². The van der Waals surface area contributed by atoms with E-state index in [9.17, 15) is 10.2 Å². The lowest BCUT2D eigenvalue weighted by Crippen LogP contribution is -2.23. The predicted molar refractivity (Wildman–Crippen MR) is 144 cm³/mol. The number of hydrogen-bond donors (Lipinski definition) is 2. The second kappa shape index (κ2) is 14.1. The van der Waals surface area contributed by atoms with E-state index in [1.165, 1.54) is 0 Å². The molecule has 2 N–H and O–H groups in total. The fourth-order valence-corrected chi connectivity index (χ4v) is 3.65. The van der Waals surface area contributed by atoms with E-state index < -0.39 is 6.10 Å². The zero-order valence-corrected chi connectivity index (χ0v) is 20.9. The highest BCUT2D eigenvalue weighted by molar-refractivity contribution is 5.98. The maximum atomic E-state index is 9.98. The summed E-state index contributed by atoms with van der Waals surface area (Å²) in [4.78, 5) is 0. The molecular weight excluding hydrogens is 452 g/mol. The molecule has 0 fully saturated rings. The largest absolute Gasteiger partial charge is 0.493 e. The second-order valence-corrected chi connectivity index (χ2v) is 8.70. The van der Waals surface area contributed by atoms with Gasteiger partial charge in [-0.05, 0) is 59.0 Å². The van der Waals surface area contributed by atoms with Crippen LogP contribution in [0.4, 0.5) is 0 Å². The average Bonchev–Trinajstić information content (AvgIpc) is 2.92. The van der Waals surface area contributed by atoms with E-state index in [4.69, 9.17) is 20.6 Å². The van der Waals surface area contributed by atoms with Crippen LogP contribution in [-0.4, -0.2) is 49.4 Å². The van der Waals surface area contributed by atoms with Gasteiger partial charge in [0.2, 0.25) is 0 Å². The minimum atomic E-state index is -0.755. The Balaban J connectivity index is 1.82. The van der Waals surface area contributed by atoms with Gasteiger partial charge in [0.05, 0.1) is 13.2 Å². The van der Waals surface area contributed by atoms with Crippen molar-refractivity contribution >= 4 is 11.1 Å². The molecule has 0 aliphatic heterocycles. The van der Waals surface area contributed by atoms with Gasteiger partial charge >= 0.3 is 0 Å². The molecule has 0 aliphatic rings. The molecule has 5 nitrogen and oxygen atoms in total. The number of hydrogen-bond acceptors (Lipinski definition) is 5. The molecule has 0 spiro atoms. The lowest BCUT2D eigenvalue weighted by molar-refractivity contribution is 0.0229. The number of terminal acetylenes is 1. The summed E-state index contributed by atoms with van der Waals surface area (Å²) in [5.74, 6) is 3.88. The summed E-state index contributed by atoms with van der Waals surface area (Å²) in [6.45, 7) is 5.04. The van der Waals surface area contributed by atoms with Crippen molar-refractivity contribution in [3.8, 4) is 23.8 Å². The Morgan fingerprint density at radius 3 is 1.89 bits per heavy atom. The molecular formula is C31H34O5. The molecule has 0 heterocycles. The minimum Gasteiger partial charge on any atom is -0.493 e. The first kappa shape index (κ1) is 27.0. The van der Waals surface area contributed by atoms with E-state index in [-0.39, 0.29) is 32.3 Å². The normalized spacial score (nSPS) is 13.3. The van der Waals surface area contributed by atoms with E-state index in [0.717, 1.165) is 33.6 Å². The van der Waals surface area contributed by atoms with Crippen molar-refractivity contribution in [3.05, 3.63) is 95.6 Å². The first-order valence-electron chi connectivity index (χ1n) is 12.0. The lowest BCUT2D eigenvalue weighted by Gasteiger charge is -2.16. The Hall–Kier alpha value is -3.56. The van der Waals surface area contributed by atoms with Crippen molar-refractivity contribution in [1.29, 1.82) is 0 Å². The molecule has 0 aromatic heterocycles. The molecule has 3 aromatic rings. The summed E-state index contributed by atoms with van der Waals surface area (Å²) in [5, 5.41) is 19.2. The van der Waals surface area contributed by atoms with Crippen molar-refractivity contribution in [2.45, 2.75) is 20.0 Å². The monoisotopic (exact) mass is 486 g/mol. The van der Waals surface area contributed by atoms with Crippen LogP contribution in [0.25, 0.3) is 11.1 Å². The van der Waals surface area contributed by atoms with Crippen molar-refractivity contribution in [3.63, 3.8) is 0 Å². The predicted octanol–water partition coefficient (Wildman–Crippen LogP) is 5.06. The summed E-state index contributed by atoms with van der Waals surface area (Å²) < 4.78 is 16.7. The maximum absolute atomic E-state index is 9.98. The Labute approximate surface area is 214 Å². The molecule has 0 amide bonds. The molecule has 3 aromatic carbocycles. The fraction of sp³-hybridized carbons (Fsp3) is 0.290. The molecule has 0 radical (unpaired) electrons. The quantitative estimate of drug-likeness (QED) is 0.201. The first-order valence-corrected chi connectivity index (χ1v) is 12.0. The summed E-state index contributed by atoms with van der Waals surface area (Å²) >= 11 is 0. The van der Waals surface area contributed by atoms with E-state index in [2.05, 4.69) is 37.1 Å². The van der Waals surface area contributed by atoms with Gasteiger partial charge in [-0.2, -0.15) is 0 Å². The van der Waals surface area contributed by atoms with Crippen molar-refractivity contribution in [2.75, 3.05) is 33.0 Å². The maximum Gasteiger partial charge on any atom is 0.119 e. The van der Waals surface area contributed by atoms with E-state index in [1.807, 2.05) is 61.5 Å². The van der Waals surface area contributed by atoms with Crippen LogP contribution in [0.2, 0.25) is 0 Å². The fourth-order valence-electron chi connectivity index (χ4n) is 3.65. The number of allylic oxidation sites excluding steroid dienone is 1. The van der Waals surface area contributed by atoms with Gasteiger partial charge in [-0.15, -0.1) is 6.42 Å². The van der Waals surface area contributed by atoms with Crippen LogP contribution in [0.15, 0.2) is 78.9 Å². The Kier molecular flexibility index (Phi) is 10.6. The topological polar surface area (TPSA) is 68.2 Å². The molecule has 0 saturated carbocycles. The Bertz CT molecular complexity index is 1130. The number of benzene rings is 3. The molecule has 3 rings (SSSR count). The Morgan fingerprint density at radius 1 is 0.806 bits per heavy atom. The summed E-state index contributed by atoms with van der Waals surface area (Å²) in [6.07, 6.45) is 4.39. The zero-order chi connectivity index (χ0) is 25.8. The van der Waals surface area contributed by atoms with Gasteiger partial charge in [0.25, 0.3) is 0 Å². The van der Waals surface area contributed by atoms with Crippen LogP contribution in [0.3, 0.4) is 0 Å². The lowest BCUT2D eigenvalue weighted by atomic mass is 9.90. The highest BCUT2D eigenvalue weighted by Gasteiger charge is 2.13. The minimum absolute atomic E-state index is 0.0813. The van der Waals surface area contributed by atoms with Gasteiger partial charge in [0.1, 0.15) is 30.8 Å². The zero-order valence-electron chi connectivity index (χ0n) is 20.9. The van der Waals surface area contributed by atoms with Crippen molar-refractivity contribution in [1.82, 2.24) is 0 Å². The number of rotatable bonds is 13. The van der Waals surface area contributed by atoms with Gasteiger partial charge in [0, 0.05) is 12.5 Å². The number of ether oxygens (including phenoxy) is 3. The summed E-state index contributed by atoms with van der Waals surface area (Å²) in [7, 11) is 0.